The third-order valence-electron chi connectivity index (χ3n) is 3.59. The van der Waals surface area contributed by atoms with Crippen LogP contribution in [0.25, 0.3) is 0 Å². The second-order valence-corrected chi connectivity index (χ2v) is 5.61. The zero-order valence-electron chi connectivity index (χ0n) is 13.6. The molecule has 0 aliphatic heterocycles. The number of nitrogens with one attached hydrogen (secondary N) is 1. The van der Waals surface area contributed by atoms with E-state index < -0.39 is 5.97 Å². The Bertz CT molecular complexity index is 668. The minimum absolute atomic E-state index is 0.0516. The highest BCUT2D eigenvalue weighted by Crippen LogP contribution is 2.12. The van der Waals surface area contributed by atoms with Gasteiger partial charge < -0.3 is 15.2 Å². The average Bonchev–Trinajstić information content (AvgIpc) is 2.59. The fourth-order valence-electron chi connectivity index (χ4n) is 2.26. The Hall–Kier alpha value is -2.82. The molecule has 0 aromatic heterocycles. The van der Waals surface area contributed by atoms with E-state index in [9.17, 15) is 9.59 Å². The third kappa shape index (κ3) is 5.76. The summed E-state index contributed by atoms with van der Waals surface area (Å²) < 4.78 is 5.36. The smallest absolute Gasteiger partial charge is 0.335 e. The van der Waals surface area contributed by atoms with Gasteiger partial charge in [0.05, 0.1) is 5.56 Å². The van der Waals surface area contributed by atoms with Crippen LogP contribution in [-0.4, -0.2) is 29.6 Å². The van der Waals surface area contributed by atoms with Crippen molar-refractivity contribution in [3.63, 3.8) is 0 Å². The summed E-state index contributed by atoms with van der Waals surface area (Å²) in [7, 11) is 0. The van der Waals surface area contributed by atoms with E-state index in [1.165, 1.54) is 29.8 Å². The fraction of sp³-hybridized carbons (Fsp3) is 0.263. The lowest BCUT2D eigenvalue weighted by Crippen LogP contribution is -2.36. The molecule has 2 N–H and O–H groups in total. The number of rotatable bonds is 8. The topological polar surface area (TPSA) is 75.6 Å². The van der Waals surface area contributed by atoms with Gasteiger partial charge in [0.1, 0.15) is 5.75 Å². The van der Waals surface area contributed by atoms with Crippen molar-refractivity contribution in [2.75, 3.05) is 6.61 Å². The Kier molecular flexibility index (Phi) is 6.37. The molecule has 1 atom stereocenters. The van der Waals surface area contributed by atoms with E-state index >= 15 is 0 Å². The Labute approximate surface area is 141 Å². The van der Waals surface area contributed by atoms with Crippen LogP contribution in [0.2, 0.25) is 0 Å². The quantitative estimate of drug-likeness (QED) is 0.782. The molecular weight excluding hydrogens is 306 g/mol. The summed E-state index contributed by atoms with van der Waals surface area (Å²) in [5, 5.41) is 11.7. The predicted molar refractivity (Wildman–Crippen MR) is 91.3 cm³/mol. The molecule has 0 aliphatic rings. The molecule has 2 aromatic carbocycles. The Balaban J connectivity index is 1.71. The van der Waals surface area contributed by atoms with Gasteiger partial charge in [0.25, 0.3) is 5.91 Å². The van der Waals surface area contributed by atoms with E-state index in [4.69, 9.17) is 9.84 Å². The molecule has 126 valence electrons. The molecule has 0 heterocycles. The maximum atomic E-state index is 11.9. The van der Waals surface area contributed by atoms with E-state index in [1.807, 2.05) is 25.1 Å². The monoisotopic (exact) mass is 327 g/mol. The molecule has 0 spiro atoms. The summed E-state index contributed by atoms with van der Waals surface area (Å²) in [6, 6.07) is 16.1. The zero-order chi connectivity index (χ0) is 17.4. The van der Waals surface area contributed by atoms with Crippen molar-refractivity contribution in [2.24, 2.45) is 0 Å². The van der Waals surface area contributed by atoms with Crippen LogP contribution in [0.15, 0.2) is 54.6 Å². The second-order valence-electron chi connectivity index (χ2n) is 5.61. The maximum absolute atomic E-state index is 11.9. The van der Waals surface area contributed by atoms with E-state index in [0.29, 0.717) is 5.75 Å². The van der Waals surface area contributed by atoms with Gasteiger partial charge in [0.2, 0.25) is 0 Å². The molecule has 5 heteroatoms. The number of hydrogen-bond acceptors (Lipinski definition) is 3. The third-order valence-corrected chi connectivity index (χ3v) is 3.59. The SMILES string of the molecule is CC(CCc1ccccc1)NC(=O)COc1ccc(C(=O)O)cc1. The highest BCUT2D eigenvalue weighted by atomic mass is 16.5. The van der Waals surface area contributed by atoms with Crippen LogP contribution in [0.3, 0.4) is 0 Å². The Morgan fingerprint density at radius 1 is 1.08 bits per heavy atom. The number of amides is 1. The largest absolute Gasteiger partial charge is 0.484 e. The first-order valence-corrected chi connectivity index (χ1v) is 7.84. The van der Waals surface area contributed by atoms with Crippen LogP contribution in [-0.2, 0) is 11.2 Å². The number of benzene rings is 2. The maximum Gasteiger partial charge on any atom is 0.335 e. The fourth-order valence-corrected chi connectivity index (χ4v) is 2.26. The van der Waals surface area contributed by atoms with Gasteiger partial charge in [-0.25, -0.2) is 4.79 Å². The van der Waals surface area contributed by atoms with Gasteiger partial charge in [-0.15, -0.1) is 0 Å². The number of aryl methyl sites for hydroxylation is 1. The van der Waals surface area contributed by atoms with E-state index in [1.54, 1.807) is 0 Å². The van der Waals surface area contributed by atoms with Crippen molar-refractivity contribution in [1.29, 1.82) is 0 Å². The molecule has 2 aromatic rings. The first-order chi connectivity index (χ1) is 11.5. The molecule has 5 nitrogen and oxygen atoms in total. The summed E-state index contributed by atoms with van der Waals surface area (Å²) in [6.45, 7) is 1.87. The highest BCUT2D eigenvalue weighted by molar-refractivity contribution is 5.87. The predicted octanol–water partition coefficient (Wildman–Crippen LogP) is 2.90. The molecule has 0 radical (unpaired) electrons. The average molecular weight is 327 g/mol. The highest BCUT2D eigenvalue weighted by Gasteiger charge is 2.09. The van der Waals surface area contributed by atoms with E-state index in [-0.39, 0.29) is 24.1 Å². The van der Waals surface area contributed by atoms with Crippen LogP contribution in [0.5, 0.6) is 5.75 Å². The lowest BCUT2D eigenvalue weighted by Gasteiger charge is -2.14. The second kappa shape index (κ2) is 8.72. The Morgan fingerprint density at radius 3 is 2.38 bits per heavy atom. The van der Waals surface area contributed by atoms with Crippen molar-refractivity contribution in [2.45, 2.75) is 25.8 Å². The standard InChI is InChI=1S/C19H21NO4/c1-14(7-8-15-5-3-2-4-6-15)20-18(21)13-24-17-11-9-16(10-12-17)19(22)23/h2-6,9-12,14H,7-8,13H2,1H3,(H,20,21)(H,22,23). The number of carbonyl (C=O) groups excluding carboxylic acids is 1. The van der Waals surface area contributed by atoms with Crippen LogP contribution >= 0.6 is 0 Å². The number of ether oxygens (including phenoxy) is 1. The molecule has 1 unspecified atom stereocenters. The van der Waals surface area contributed by atoms with Crippen molar-refractivity contribution in [3.05, 3.63) is 65.7 Å². The summed E-state index contributed by atoms with van der Waals surface area (Å²) in [6.07, 6.45) is 1.75. The van der Waals surface area contributed by atoms with Crippen molar-refractivity contribution in [1.82, 2.24) is 5.32 Å². The first-order valence-electron chi connectivity index (χ1n) is 7.84. The summed E-state index contributed by atoms with van der Waals surface area (Å²) in [5.74, 6) is -0.725. The summed E-state index contributed by atoms with van der Waals surface area (Å²) in [5.41, 5.74) is 1.43. The molecule has 0 aliphatic carbocycles. The number of aromatic carboxylic acids is 1. The normalized spacial score (nSPS) is 11.5. The molecule has 0 fully saturated rings. The van der Waals surface area contributed by atoms with Crippen LogP contribution in [0, 0.1) is 0 Å². The summed E-state index contributed by atoms with van der Waals surface area (Å²) >= 11 is 0. The van der Waals surface area contributed by atoms with Gasteiger partial charge in [-0.05, 0) is 49.6 Å². The number of carboxylic acid groups (broad SMARTS) is 1. The number of carbonyl (C=O) groups is 2. The van der Waals surface area contributed by atoms with Gasteiger partial charge in [0.15, 0.2) is 6.61 Å². The molecule has 0 bridgehead atoms. The molecule has 2 rings (SSSR count). The number of hydrogen-bond donors (Lipinski definition) is 2. The van der Waals surface area contributed by atoms with Gasteiger partial charge in [0, 0.05) is 6.04 Å². The zero-order valence-corrected chi connectivity index (χ0v) is 13.6. The van der Waals surface area contributed by atoms with Gasteiger partial charge in [-0.1, -0.05) is 30.3 Å². The van der Waals surface area contributed by atoms with Gasteiger partial charge in [-0.3, -0.25) is 4.79 Å². The lowest BCUT2D eigenvalue weighted by molar-refractivity contribution is -0.123. The van der Waals surface area contributed by atoms with Crippen molar-refractivity contribution >= 4 is 11.9 Å². The van der Waals surface area contributed by atoms with Crippen LogP contribution in [0.4, 0.5) is 0 Å². The minimum Gasteiger partial charge on any atom is -0.484 e. The van der Waals surface area contributed by atoms with E-state index in [0.717, 1.165) is 12.8 Å². The molecular formula is C19H21NO4. The van der Waals surface area contributed by atoms with Gasteiger partial charge >= 0.3 is 5.97 Å². The van der Waals surface area contributed by atoms with Gasteiger partial charge in [-0.2, -0.15) is 0 Å². The molecule has 24 heavy (non-hydrogen) atoms. The summed E-state index contributed by atoms with van der Waals surface area (Å²) in [4.78, 5) is 22.6. The van der Waals surface area contributed by atoms with Crippen LogP contribution < -0.4 is 10.1 Å². The Morgan fingerprint density at radius 2 is 1.75 bits per heavy atom. The lowest BCUT2D eigenvalue weighted by atomic mass is 10.1. The van der Waals surface area contributed by atoms with Crippen molar-refractivity contribution < 1.29 is 19.4 Å². The van der Waals surface area contributed by atoms with Crippen molar-refractivity contribution in [3.8, 4) is 5.75 Å². The minimum atomic E-state index is -0.994. The number of carboxylic acids is 1. The van der Waals surface area contributed by atoms with E-state index in [2.05, 4.69) is 17.4 Å². The molecule has 1 amide bonds. The molecule has 0 saturated heterocycles. The molecule has 0 saturated carbocycles. The van der Waals surface area contributed by atoms with Crippen LogP contribution in [0.1, 0.15) is 29.3 Å². The first kappa shape index (κ1) is 17.5.